The molecule has 1 heteroatoms. The highest BCUT2D eigenvalue weighted by molar-refractivity contribution is 6.17. The van der Waals surface area contributed by atoms with E-state index in [1.807, 2.05) is 0 Å². The lowest BCUT2D eigenvalue weighted by Crippen LogP contribution is -2.34. The van der Waals surface area contributed by atoms with Crippen LogP contribution in [-0.4, -0.2) is 5.88 Å². The Kier molecular flexibility index (Phi) is 30.5. The topological polar surface area (TPSA) is 0 Å². The highest BCUT2D eigenvalue weighted by Gasteiger charge is 2.38. The second-order valence-corrected chi connectivity index (χ2v) is 17.9. The first-order valence-corrected chi connectivity index (χ1v) is 25.1. The fraction of sp³-hybridized carbons (Fsp3) is 0.649. The van der Waals surface area contributed by atoms with Gasteiger partial charge in [0.25, 0.3) is 0 Å². The normalized spacial score (nSPS) is 21.2. The molecule has 0 amide bonds. The van der Waals surface area contributed by atoms with E-state index in [1.165, 1.54) is 175 Å². The molecule has 0 bridgehead atoms. The summed E-state index contributed by atoms with van der Waals surface area (Å²) in [6, 6.07) is 7.06. The summed E-state index contributed by atoms with van der Waals surface area (Å²) in [6.07, 6.45) is 52.6. The Morgan fingerprint density at radius 2 is 1.38 bits per heavy atom. The van der Waals surface area contributed by atoms with Crippen molar-refractivity contribution in [2.24, 2.45) is 5.92 Å². The van der Waals surface area contributed by atoms with Crippen LogP contribution in [0.25, 0.3) is 0 Å². The van der Waals surface area contributed by atoms with E-state index in [0.29, 0.717) is 5.92 Å². The van der Waals surface area contributed by atoms with Crippen molar-refractivity contribution >= 4 is 11.6 Å². The van der Waals surface area contributed by atoms with E-state index in [0.717, 1.165) is 63.7 Å². The van der Waals surface area contributed by atoms with E-state index in [1.54, 1.807) is 0 Å². The number of fused-ring (bicyclic) bond motifs is 1. The number of unbranched alkanes of at least 4 members (excludes halogenated alkanes) is 7. The van der Waals surface area contributed by atoms with E-state index < -0.39 is 0 Å². The van der Waals surface area contributed by atoms with Crippen molar-refractivity contribution in [2.45, 2.75) is 225 Å². The summed E-state index contributed by atoms with van der Waals surface area (Å²) in [5.41, 5.74) is 8.24. The molecule has 1 unspecified atom stereocenters. The average Bonchev–Trinajstić information content (AvgIpc) is 3.23. The third kappa shape index (κ3) is 20.7. The predicted octanol–water partition coefficient (Wildman–Crippen LogP) is 18.8. The quantitative estimate of drug-likeness (QED) is 0.0636. The van der Waals surface area contributed by atoms with Crippen LogP contribution >= 0.6 is 11.6 Å². The lowest BCUT2D eigenvalue weighted by atomic mass is 9.63. The van der Waals surface area contributed by atoms with Gasteiger partial charge in [0.05, 0.1) is 0 Å². The number of allylic oxidation sites excluding steroid dienone is 9. The summed E-state index contributed by atoms with van der Waals surface area (Å²) in [5.74, 6) is 8.46. The summed E-state index contributed by atoms with van der Waals surface area (Å²) < 4.78 is 0. The lowest BCUT2D eigenvalue weighted by Gasteiger charge is -2.40. The fourth-order valence-electron chi connectivity index (χ4n) is 9.40. The van der Waals surface area contributed by atoms with Gasteiger partial charge in [-0.2, -0.15) is 0 Å². The molecule has 0 spiro atoms. The Morgan fingerprint density at radius 1 is 0.759 bits per heavy atom. The van der Waals surface area contributed by atoms with Gasteiger partial charge in [0.1, 0.15) is 0 Å². The molecule has 1 aromatic rings. The maximum atomic E-state index is 6.15. The molecule has 1 aliphatic rings. The summed E-state index contributed by atoms with van der Waals surface area (Å²) in [5, 5.41) is 0. The van der Waals surface area contributed by atoms with Crippen LogP contribution in [0.3, 0.4) is 0 Å². The van der Waals surface area contributed by atoms with Crippen molar-refractivity contribution in [1.29, 1.82) is 0 Å². The largest absolute Gasteiger partial charge is 0.127 e. The Morgan fingerprint density at radius 3 is 1.98 bits per heavy atom. The van der Waals surface area contributed by atoms with E-state index >= 15 is 0 Å². The first-order valence-electron chi connectivity index (χ1n) is 24.6. The minimum atomic E-state index is -0.186. The third-order valence-electron chi connectivity index (χ3n) is 13.0. The zero-order chi connectivity index (χ0) is 41.9. The number of benzene rings is 1. The van der Waals surface area contributed by atoms with Crippen molar-refractivity contribution in [1.82, 2.24) is 0 Å². The zero-order valence-corrected chi connectivity index (χ0v) is 39.2. The molecule has 0 aliphatic heterocycles. The van der Waals surface area contributed by atoms with Gasteiger partial charge >= 0.3 is 0 Å². The molecule has 0 fully saturated rings. The summed E-state index contributed by atoms with van der Waals surface area (Å²) in [7, 11) is 0. The highest BCUT2D eigenvalue weighted by atomic mass is 35.5. The summed E-state index contributed by atoms with van der Waals surface area (Å²) in [6.45, 7) is 20.2. The molecule has 0 N–H and O–H groups in total. The van der Waals surface area contributed by atoms with Crippen LogP contribution in [-0.2, 0) is 11.8 Å². The number of hydrogen-bond acceptors (Lipinski definition) is 0. The van der Waals surface area contributed by atoms with Gasteiger partial charge in [0.2, 0.25) is 0 Å². The Balaban J connectivity index is 2.65. The number of halogens is 1. The second-order valence-electron chi connectivity index (χ2n) is 17.5. The van der Waals surface area contributed by atoms with E-state index in [4.69, 9.17) is 24.8 Å². The summed E-state index contributed by atoms with van der Waals surface area (Å²) >= 11 is 6.15. The molecule has 1 aromatic carbocycles. The summed E-state index contributed by atoms with van der Waals surface area (Å²) in [4.78, 5) is 0. The monoisotopic (exact) mass is 809 g/mol. The minimum absolute atomic E-state index is 0.186. The molecule has 2 rings (SSSR count). The predicted molar refractivity (Wildman–Crippen MR) is 263 cm³/mol. The van der Waals surface area contributed by atoms with Crippen molar-refractivity contribution in [2.75, 3.05) is 5.88 Å². The smallest absolute Gasteiger partial charge is 0.0283 e. The molecule has 0 aromatic heterocycles. The molecule has 0 nitrogen and oxygen atoms in total. The average molecular weight is 810 g/mol. The molecule has 0 saturated carbocycles. The van der Waals surface area contributed by atoms with Crippen LogP contribution in [0.1, 0.15) is 230 Å². The number of rotatable bonds is 17. The van der Waals surface area contributed by atoms with Crippen molar-refractivity contribution < 1.29 is 0 Å². The molecule has 0 saturated heterocycles. The van der Waals surface area contributed by atoms with Gasteiger partial charge in [-0.15, -0.1) is 24.8 Å². The maximum absolute atomic E-state index is 6.15. The lowest BCUT2D eigenvalue weighted by molar-refractivity contribution is 0.334. The van der Waals surface area contributed by atoms with Gasteiger partial charge < -0.3 is 0 Å². The van der Waals surface area contributed by atoms with Crippen LogP contribution in [0, 0.1) is 17.8 Å². The molecule has 0 heterocycles. The van der Waals surface area contributed by atoms with Gasteiger partial charge in [0.15, 0.2) is 0 Å². The molecule has 324 valence electrons. The number of hydrogen-bond donors (Lipinski definition) is 0. The van der Waals surface area contributed by atoms with Crippen LogP contribution in [0.2, 0.25) is 0 Å². The Labute approximate surface area is 366 Å². The van der Waals surface area contributed by atoms with Gasteiger partial charge in [-0.1, -0.05) is 201 Å². The standard InChI is InChI=1S/C57H89Cl/c1-7-12-14-25-30-39-51(38-13-8-2)40-35-42-53-43-36-45-56-55(53)44-32-27-24-22-20-18-16-15-17-19-21-23-26-31-41-52(10-4)50(6)46-47-54(37-9-3)57(56,11-5)48-33-28-29-34-49-58/h8-11,36-37,40,43,45,54H,2,5-7,12-34,38-39,41,44,46-49H2,1,3-4H3/b37-9-,51-40?,52-10+/t54?,57-/m1/s1. The first kappa shape index (κ1) is 51.7. The molecule has 1 aliphatic carbocycles. The fourth-order valence-corrected chi connectivity index (χ4v) is 9.59. The van der Waals surface area contributed by atoms with Crippen LogP contribution in [0.4, 0.5) is 0 Å². The number of alkyl halides is 1. The van der Waals surface area contributed by atoms with E-state index in [2.05, 4.69) is 93.8 Å². The van der Waals surface area contributed by atoms with E-state index in [-0.39, 0.29) is 5.41 Å². The van der Waals surface area contributed by atoms with Gasteiger partial charge in [0, 0.05) is 16.9 Å². The molecular weight excluding hydrogens is 720 g/mol. The molecule has 58 heavy (non-hydrogen) atoms. The van der Waals surface area contributed by atoms with Gasteiger partial charge in [-0.25, -0.2) is 0 Å². The van der Waals surface area contributed by atoms with Crippen molar-refractivity contribution in [3.05, 3.63) is 108 Å². The maximum Gasteiger partial charge on any atom is 0.0283 e. The molecule has 2 atom stereocenters. The highest BCUT2D eigenvalue weighted by Crippen LogP contribution is 2.45. The SMILES string of the molecule is C=CCCC(=CC#Cc1cccc2c1CCCCCCCCCCCCCCCC/C(=C\C)C(=C)CCC(/C=C\C)[C@@]2(C=C)CCCCCCCl)CCCCCCC. The Hall–Kier alpha value is -2.49. The van der Waals surface area contributed by atoms with Crippen molar-refractivity contribution in [3.8, 4) is 11.8 Å². The van der Waals surface area contributed by atoms with Crippen LogP contribution in [0.15, 0.2) is 91.1 Å². The van der Waals surface area contributed by atoms with Gasteiger partial charge in [-0.3, -0.25) is 0 Å². The first-order chi connectivity index (χ1) is 28.5. The Bertz CT molecular complexity index is 1410. The zero-order valence-electron chi connectivity index (χ0n) is 38.4. The van der Waals surface area contributed by atoms with Crippen LogP contribution < -0.4 is 0 Å². The molecule has 0 radical (unpaired) electrons. The van der Waals surface area contributed by atoms with Gasteiger partial charge in [-0.05, 0) is 126 Å². The third-order valence-corrected chi connectivity index (χ3v) is 13.3. The van der Waals surface area contributed by atoms with Crippen LogP contribution in [0.5, 0.6) is 0 Å². The minimum Gasteiger partial charge on any atom is -0.127 e. The van der Waals surface area contributed by atoms with Crippen molar-refractivity contribution in [3.63, 3.8) is 0 Å². The molecular formula is C57H89Cl. The second kappa shape index (κ2) is 34.2. The van der Waals surface area contributed by atoms with E-state index in [9.17, 15) is 0 Å².